The molecule has 1 saturated carbocycles. The molecule has 1 heterocycles. The number of hydrogen-bond acceptors (Lipinski definition) is 4. The van der Waals surface area contributed by atoms with E-state index >= 15 is 0 Å². The van der Waals surface area contributed by atoms with Crippen LogP contribution in [-0.4, -0.2) is 17.3 Å². The van der Waals surface area contributed by atoms with Gasteiger partial charge in [-0.05, 0) is 25.0 Å². The molecule has 3 rings (SSSR count). The Morgan fingerprint density at radius 3 is 2.57 bits per heavy atom. The Labute approximate surface area is 129 Å². The second-order valence-electron chi connectivity index (χ2n) is 6.07. The molecule has 1 aliphatic carbocycles. The minimum atomic E-state index is -0.297. The number of para-hydroxylation sites is 1. The second kappa shape index (κ2) is 6.24. The van der Waals surface area contributed by atoms with E-state index in [4.69, 9.17) is 5.73 Å². The predicted octanol–water partition coefficient (Wildman–Crippen LogP) is 3.71. The molecule has 3 nitrogen and oxygen atoms in total. The highest BCUT2D eigenvalue weighted by Gasteiger charge is 2.37. The van der Waals surface area contributed by atoms with Crippen molar-refractivity contribution in [3.63, 3.8) is 0 Å². The third-order valence-corrected chi connectivity index (χ3v) is 5.73. The predicted molar refractivity (Wildman–Crippen MR) is 87.5 cm³/mol. The Kier molecular flexibility index (Phi) is 4.36. The van der Waals surface area contributed by atoms with Crippen molar-refractivity contribution in [2.24, 2.45) is 11.1 Å². The number of nitrogens with zero attached hydrogens (tertiary/aromatic N) is 1. The molecular formula is C17H22N2OS. The lowest BCUT2D eigenvalue weighted by Crippen LogP contribution is -2.39. The van der Waals surface area contributed by atoms with Crippen molar-refractivity contribution >= 4 is 27.3 Å². The monoisotopic (exact) mass is 302 g/mol. The van der Waals surface area contributed by atoms with Gasteiger partial charge in [0.15, 0.2) is 0 Å². The molecule has 112 valence electrons. The van der Waals surface area contributed by atoms with Crippen LogP contribution in [-0.2, 0) is 11.2 Å². The Hall–Kier alpha value is -1.26. The molecule has 1 aliphatic rings. The normalized spacial score (nSPS) is 18.5. The van der Waals surface area contributed by atoms with Gasteiger partial charge in [0, 0.05) is 12.0 Å². The summed E-state index contributed by atoms with van der Waals surface area (Å²) in [4.78, 5) is 17.4. The number of hydrogen-bond donors (Lipinski definition) is 1. The molecule has 0 amide bonds. The van der Waals surface area contributed by atoms with Crippen LogP contribution in [0.5, 0.6) is 0 Å². The Morgan fingerprint density at radius 2 is 1.90 bits per heavy atom. The molecule has 0 saturated heterocycles. The highest BCUT2D eigenvalue weighted by atomic mass is 32.1. The molecule has 1 aromatic heterocycles. The summed E-state index contributed by atoms with van der Waals surface area (Å²) in [5.41, 5.74) is 6.70. The molecule has 0 radical (unpaired) electrons. The Balaban J connectivity index is 1.80. The smallest absolute Gasteiger partial charge is 0.147 e. The zero-order valence-electron chi connectivity index (χ0n) is 12.3. The summed E-state index contributed by atoms with van der Waals surface area (Å²) < 4.78 is 1.16. The molecule has 0 bridgehead atoms. The van der Waals surface area contributed by atoms with Gasteiger partial charge in [-0.15, -0.1) is 11.3 Å². The van der Waals surface area contributed by atoms with Crippen LogP contribution in [0.1, 0.15) is 43.5 Å². The van der Waals surface area contributed by atoms with Gasteiger partial charge in [-0.2, -0.15) is 0 Å². The second-order valence-corrected chi connectivity index (χ2v) is 7.19. The van der Waals surface area contributed by atoms with E-state index < -0.39 is 0 Å². The molecule has 0 spiro atoms. The summed E-state index contributed by atoms with van der Waals surface area (Å²) >= 11 is 1.63. The average Bonchev–Trinajstić information content (AvgIpc) is 2.74. The highest BCUT2D eigenvalue weighted by molar-refractivity contribution is 7.18. The largest absolute Gasteiger partial charge is 0.329 e. The molecule has 1 aromatic carbocycles. The van der Waals surface area contributed by atoms with E-state index in [0.717, 1.165) is 40.9 Å². The summed E-state index contributed by atoms with van der Waals surface area (Å²) in [5, 5.41) is 0.929. The fourth-order valence-corrected chi connectivity index (χ4v) is 4.29. The first kappa shape index (κ1) is 14.7. The summed E-state index contributed by atoms with van der Waals surface area (Å²) in [5.74, 6) is 0.297. The lowest BCUT2D eigenvalue weighted by Gasteiger charge is -2.29. The van der Waals surface area contributed by atoms with Crippen LogP contribution < -0.4 is 5.73 Å². The van der Waals surface area contributed by atoms with E-state index in [9.17, 15) is 4.79 Å². The number of fused-ring (bicyclic) bond motifs is 1. The maximum atomic E-state index is 12.8. The van der Waals surface area contributed by atoms with Crippen LogP contribution in [0.25, 0.3) is 10.2 Å². The lowest BCUT2D eigenvalue weighted by atomic mass is 9.75. The SMILES string of the molecule is NCC1(C(=O)Cc2nc3ccccc3s2)CCCCCC1. The van der Waals surface area contributed by atoms with Crippen molar-refractivity contribution in [3.8, 4) is 0 Å². The Morgan fingerprint density at radius 1 is 1.19 bits per heavy atom. The summed E-state index contributed by atoms with van der Waals surface area (Å²) in [7, 11) is 0. The summed E-state index contributed by atoms with van der Waals surface area (Å²) in [6.45, 7) is 0.483. The number of carbonyl (C=O) groups excluding carboxylic acids is 1. The van der Waals surface area contributed by atoms with Gasteiger partial charge in [0.05, 0.1) is 16.6 Å². The molecule has 2 aromatic rings. The van der Waals surface area contributed by atoms with Gasteiger partial charge in [0.25, 0.3) is 0 Å². The third-order valence-electron chi connectivity index (χ3n) is 4.69. The number of benzene rings is 1. The third kappa shape index (κ3) is 3.01. The van der Waals surface area contributed by atoms with Gasteiger partial charge < -0.3 is 5.73 Å². The maximum absolute atomic E-state index is 12.8. The van der Waals surface area contributed by atoms with Gasteiger partial charge in [-0.1, -0.05) is 37.8 Å². The number of carbonyl (C=O) groups is 1. The number of aromatic nitrogens is 1. The Bertz CT molecular complexity index is 594. The lowest BCUT2D eigenvalue weighted by molar-refractivity contribution is -0.128. The van der Waals surface area contributed by atoms with Crippen molar-refractivity contribution in [1.82, 2.24) is 4.98 Å². The number of thiazole rings is 1. The first-order chi connectivity index (χ1) is 10.2. The number of nitrogens with two attached hydrogens (primary N) is 1. The van der Waals surface area contributed by atoms with E-state index in [1.165, 1.54) is 12.8 Å². The molecule has 0 unspecified atom stereocenters. The maximum Gasteiger partial charge on any atom is 0.147 e. The molecule has 0 atom stereocenters. The number of ketones is 1. The van der Waals surface area contributed by atoms with Crippen LogP contribution in [0.3, 0.4) is 0 Å². The van der Waals surface area contributed by atoms with E-state index in [1.807, 2.05) is 18.2 Å². The van der Waals surface area contributed by atoms with Crippen molar-refractivity contribution in [2.45, 2.75) is 44.9 Å². The van der Waals surface area contributed by atoms with Gasteiger partial charge in [0.1, 0.15) is 10.8 Å². The first-order valence-corrected chi connectivity index (χ1v) is 8.63. The summed E-state index contributed by atoms with van der Waals surface area (Å²) in [6.07, 6.45) is 7.06. The van der Waals surface area contributed by atoms with E-state index in [-0.39, 0.29) is 5.41 Å². The van der Waals surface area contributed by atoms with Gasteiger partial charge in [0.2, 0.25) is 0 Å². The van der Waals surface area contributed by atoms with Crippen LogP contribution in [0.2, 0.25) is 0 Å². The first-order valence-electron chi connectivity index (χ1n) is 7.81. The number of rotatable bonds is 4. The minimum absolute atomic E-state index is 0.297. The van der Waals surface area contributed by atoms with Crippen LogP contribution in [0.15, 0.2) is 24.3 Å². The van der Waals surface area contributed by atoms with Crippen molar-refractivity contribution in [3.05, 3.63) is 29.3 Å². The highest BCUT2D eigenvalue weighted by Crippen LogP contribution is 2.36. The molecular weight excluding hydrogens is 280 g/mol. The van der Waals surface area contributed by atoms with Gasteiger partial charge in [-0.25, -0.2) is 4.98 Å². The van der Waals surface area contributed by atoms with Crippen LogP contribution in [0.4, 0.5) is 0 Å². The zero-order valence-corrected chi connectivity index (χ0v) is 13.1. The molecule has 0 aliphatic heterocycles. The van der Waals surface area contributed by atoms with Crippen molar-refractivity contribution < 1.29 is 4.79 Å². The average molecular weight is 302 g/mol. The van der Waals surface area contributed by atoms with Crippen LogP contribution in [0, 0.1) is 5.41 Å². The quantitative estimate of drug-likeness (QED) is 0.876. The fourth-order valence-electron chi connectivity index (χ4n) is 3.32. The zero-order chi connectivity index (χ0) is 14.7. The van der Waals surface area contributed by atoms with E-state index in [2.05, 4.69) is 11.1 Å². The standard InChI is InChI=1S/C17H22N2OS/c18-12-17(9-5-1-2-6-10-17)15(20)11-16-19-13-7-3-4-8-14(13)21-16/h3-4,7-8H,1-2,5-6,9-12,18H2. The fraction of sp³-hybridized carbons (Fsp3) is 0.529. The summed E-state index contributed by atoms with van der Waals surface area (Å²) in [6, 6.07) is 8.06. The van der Waals surface area contributed by atoms with Crippen molar-refractivity contribution in [1.29, 1.82) is 0 Å². The molecule has 4 heteroatoms. The van der Waals surface area contributed by atoms with Crippen molar-refractivity contribution in [2.75, 3.05) is 6.54 Å². The van der Waals surface area contributed by atoms with Gasteiger partial charge in [-0.3, -0.25) is 4.79 Å². The van der Waals surface area contributed by atoms with Crippen LogP contribution >= 0.6 is 11.3 Å². The topological polar surface area (TPSA) is 56.0 Å². The van der Waals surface area contributed by atoms with Gasteiger partial charge >= 0.3 is 0 Å². The molecule has 1 fully saturated rings. The van der Waals surface area contributed by atoms with E-state index in [1.54, 1.807) is 11.3 Å². The number of Topliss-reactive ketones (excluding diaryl/α,β-unsaturated/α-hetero) is 1. The molecule has 21 heavy (non-hydrogen) atoms. The molecule has 2 N–H and O–H groups in total. The minimum Gasteiger partial charge on any atom is -0.329 e. The van der Waals surface area contributed by atoms with E-state index in [0.29, 0.717) is 18.7 Å².